The van der Waals surface area contributed by atoms with Crippen LogP contribution < -0.4 is 15.8 Å². The highest BCUT2D eigenvalue weighted by Gasteiger charge is 2.02. The molecule has 0 spiro atoms. The fraction of sp³-hybridized carbons (Fsp3) is 0.545. The zero-order valence-corrected chi connectivity index (χ0v) is 11.7. The summed E-state index contributed by atoms with van der Waals surface area (Å²) in [6.07, 6.45) is 2.35. The summed E-state index contributed by atoms with van der Waals surface area (Å²) >= 11 is 0. The minimum Gasteiger partial charge on any atom is -0.469 e. The van der Waals surface area contributed by atoms with E-state index in [2.05, 4.69) is 15.6 Å². The van der Waals surface area contributed by atoms with Gasteiger partial charge in [0.05, 0.1) is 18.6 Å². The molecular weight excluding hydrogens is 268 g/mol. The molecule has 1 heterocycles. The molecule has 4 N–H and O–H groups in total. The second-order valence-electron chi connectivity index (χ2n) is 3.88. The van der Waals surface area contributed by atoms with Crippen molar-refractivity contribution >= 4 is 16.0 Å². The lowest BCUT2D eigenvalue weighted by Gasteiger charge is -2.10. The zero-order chi connectivity index (χ0) is 14.1. The highest BCUT2D eigenvalue weighted by atomic mass is 32.2. The van der Waals surface area contributed by atoms with Gasteiger partial charge in [-0.05, 0) is 19.1 Å². The Morgan fingerprint density at radius 1 is 1.47 bits per heavy atom. The normalized spacial score (nSPS) is 12.4. The molecule has 0 saturated carbocycles. The first-order valence-electron chi connectivity index (χ1n) is 6.06. The molecule has 7 nitrogen and oxygen atoms in total. The molecule has 0 atom stereocenters. The molecule has 0 unspecified atom stereocenters. The molecule has 0 amide bonds. The van der Waals surface area contributed by atoms with Crippen molar-refractivity contribution in [1.29, 1.82) is 0 Å². The summed E-state index contributed by atoms with van der Waals surface area (Å²) < 4.78 is 26.8. The van der Waals surface area contributed by atoms with Gasteiger partial charge in [0.2, 0.25) is 10.0 Å². The maximum atomic E-state index is 10.8. The average Bonchev–Trinajstić information content (AvgIpc) is 2.80. The van der Waals surface area contributed by atoms with Crippen molar-refractivity contribution in [3.63, 3.8) is 0 Å². The van der Waals surface area contributed by atoms with E-state index in [1.807, 2.05) is 19.1 Å². The second-order valence-corrected chi connectivity index (χ2v) is 5.62. The maximum absolute atomic E-state index is 10.8. The lowest BCUT2D eigenvalue weighted by atomic mass is 10.3. The van der Waals surface area contributed by atoms with Crippen molar-refractivity contribution in [3.8, 4) is 0 Å². The zero-order valence-electron chi connectivity index (χ0n) is 10.9. The third-order valence-corrected chi connectivity index (χ3v) is 2.99. The standard InChI is InChI=1S/C11H20N4O3S/c1-2-13-11(15-7-9-19(12,16)17)14-6-5-10-4-3-8-18-10/h3-4,8H,2,5-7,9H2,1H3,(H2,12,16,17)(H2,13,14,15). The van der Waals surface area contributed by atoms with Crippen molar-refractivity contribution in [2.24, 2.45) is 10.1 Å². The smallest absolute Gasteiger partial charge is 0.210 e. The van der Waals surface area contributed by atoms with Gasteiger partial charge in [0.15, 0.2) is 5.96 Å². The molecule has 19 heavy (non-hydrogen) atoms. The van der Waals surface area contributed by atoms with Crippen LogP contribution in [0.1, 0.15) is 12.7 Å². The molecule has 0 bridgehead atoms. The number of furan rings is 1. The molecule has 1 rings (SSSR count). The van der Waals surface area contributed by atoms with Crippen LogP contribution in [0.15, 0.2) is 27.8 Å². The fourth-order valence-electron chi connectivity index (χ4n) is 1.39. The molecule has 0 aromatic carbocycles. The highest BCUT2D eigenvalue weighted by molar-refractivity contribution is 7.89. The van der Waals surface area contributed by atoms with Crippen LogP contribution in [0.25, 0.3) is 0 Å². The van der Waals surface area contributed by atoms with E-state index in [-0.39, 0.29) is 12.3 Å². The van der Waals surface area contributed by atoms with Crippen LogP contribution in [0.5, 0.6) is 0 Å². The van der Waals surface area contributed by atoms with Gasteiger partial charge in [0, 0.05) is 19.5 Å². The summed E-state index contributed by atoms with van der Waals surface area (Å²) in [6, 6.07) is 3.73. The number of primary sulfonamides is 1. The molecule has 0 aliphatic carbocycles. The van der Waals surface area contributed by atoms with Crippen molar-refractivity contribution < 1.29 is 12.8 Å². The van der Waals surface area contributed by atoms with E-state index < -0.39 is 10.0 Å². The van der Waals surface area contributed by atoms with Crippen LogP contribution in [-0.2, 0) is 16.4 Å². The number of rotatable bonds is 7. The Labute approximate surface area is 113 Å². The van der Waals surface area contributed by atoms with Crippen molar-refractivity contribution in [2.45, 2.75) is 13.3 Å². The number of sulfonamides is 1. The van der Waals surface area contributed by atoms with Crippen molar-refractivity contribution in [1.82, 2.24) is 10.6 Å². The first kappa shape index (κ1) is 15.5. The van der Waals surface area contributed by atoms with E-state index in [0.717, 1.165) is 12.2 Å². The molecule has 1 aromatic rings. The maximum Gasteiger partial charge on any atom is 0.210 e. The summed E-state index contributed by atoms with van der Waals surface area (Å²) in [6.45, 7) is 3.41. The number of nitrogens with one attached hydrogen (secondary N) is 2. The minimum absolute atomic E-state index is 0.134. The first-order chi connectivity index (χ1) is 9.01. The van der Waals surface area contributed by atoms with Crippen LogP contribution in [0.3, 0.4) is 0 Å². The Bertz CT molecular complexity index is 482. The molecule has 8 heteroatoms. The minimum atomic E-state index is -3.47. The molecule has 0 radical (unpaired) electrons. The van der Waals surface area contributed by atoms with E-state index in [9.17, 15) is 8.42 Å². The van der Waals surface area contributed by atoms with Gasteiger partial charge < -0.3 is 15.1 Å². The topological polar surface area (TPSA) is 110 Å². The largest absolute Gasteiger partial charge is 0.469 e. The summed E-state index contributed by atoms with van der Waals surface area (Å²) in [5, 5.41) is 11.0. The summed E-state index contributed by atoms with van der Waals surface area (Å²) in [5.74, 6) is 1.28. The van der Waals surface area contributed by atoms with Crippen LogP contribution >= 0.6 is 0 Å². The van der Waals surface area contributed by atoms with Crippen molar-refractivity contribution in [2.75, 3.05) is 25.4 Å². The molecule has 0 aliphatic rings. The van der Waals surface area contributed by atoms with Gasteiger partial charge in [0.25, 0.3) is 0 Å². The third-order valence-electron chi connectivity index (χ3n) is 2.23. The summed E-state index contributed by atoms with van der Waals surface area (Å²) in [7, 11) is -3.47. The Hall–Kier alpha value is -1.54. The van der Waals surface area contributed by atoms with E-state index in [1.165, 1.54) is 0 Å². The number of nitrogens with two attached hydrogens (primary N) is 1. The Kier molecular flexibility index (Phi) is 6.37. The van der Waals surface area contributed by atoms with Crippen LogP contribution in [0.2, 0.25) is 0 Å². The monoisotopic (exact) mass is 288 g/mol. The van der Waals surface area contributed by atoms with Gasteiger partial charge in [-0.15, -0.1) is 0 Å². The second kappa shape index (κ2) is 7.80. The van der Waals surface area contributed by atoms with E-state index >= 15 is 0 Å². The van der Waals surface area contributed by atoms with Gasteiger partial charge >= 0.3 is 0 Å². The van der Waals surface area contributed by atoms with Crippen molar-refractivity contribution in [3.05, 3.63) is 24.2 Å². The van der Waals surface area contributed by atoms with Gasteiger partial charge in [-0.25, -0.2) is 13.6 Å². The lowest BCUT2D eigenvalue weighted by Crippen LogP contribution is -2.38. The predicted octanol–water partition coefficient (Wildman–Crippen LogP) is -0.334. The quantitative estimate of drug-likeness (QED) is 0.470. The number of aliphatic imine (C=N–C) groups is 1. The van der Waals surface area contributed by atoms with Gasteiger partial charge in [-0.3, -0.25) is 4.99 Å². The average molecular weight is 288 g/mol. The van der Waals surface area contributed by atoms with Gasteiger partial charge in [-0.1, -0.05) is 0 Å². The number of hydrogen-bond donors (Lipinski definition) is 3. The number of guanidine groups is 1. The van der Waals surface area contributed by atoms with E-state index in [4.69, 9.17) is 9.56 Å². The molecule has 0 aliphatic heterocycles. The van der Waals surface area contributed by atoms with E-state index in [0.29, 0.717) is 19.0 Å². The SMILES string of the molecule is CCNC(=NCCS(N)(=O)=O)NCCc1ccco1. The number of nitrogens with zero attached hydrogens (tertiary/aromatic N) is 1. The fourth-order valence-corrected chi connectivity index (χ4v) is 1.73. The molecule has 1 aromatic heterocycles. The predicted molar refractivity (Wildman–Crippen MR) is 74.4 cm³/mol. The van der Waals surface area contributed by atoms with Crippen LogP contribution in [0, 0.1) is 0 Å². The number of hydrogen-bond acceptors (Lipinski definition) is 4. The Morgan fingerprint density at radius 3 is 2.84 bits per heavy atom. The Balaban J connectivity index is 2.36. The molecule has 0 saturated heterocycles. The highest BCUT2D eigenvalue weighted by Crippen LogP contribution is 1.99. The lowest BCUT2D eigenvalue weighted by molar-refractivity contribution is 0.507. The third kappa shape index (κ3) is 7.47. The molecule has 0 fully saturated rings. The van der Waals surface area contributed by atoms with Gasteiger partial charge in [-0.2, -0.15) is 0 Å². The Morgan fingerprint density at radius 2 is 2.26 bits per heavy atom. The summed E-state index contributed by atoms with van der Waals surface area (Å²) in [4.78, 5) is 4.12. The molecular formula is C11H20N4O3S. The van der Waals surface area contributed by atoms with E-state index in [1.54, 1.807) is 6.26 Å². The van der Waals surface area contributed by atoms with Crippen LogP contribution in [0.4, 0.5) is 0 Å². The molecule has 108 valence electrons. The van der Waals surface area contributed by atoms with Crippen LogP contribution in [-0.4, -0.2) is 39.8 Å². The summed E-state index contributed by atoms with van der Waals surface area (Å²) in [5.41, 5.74) is 0. The van der Waals surface area contributed by atoms with Gasteiger partial charge in [0.1, 0.15) is 5.76 Å². The first-order valence-corrected chi connectivity index (χ1v) is 7.78.